The van der Waals surface area contributed by atoms with E-state index in [-0.39, 0.29) is 30.4 Å². The standard InChI is InChI=1S/C30H33ClFN5O7/c1-29(2,3)43-28(41)44-36-10-8-35(9-11-36)25(38)24-15-19-14-22(4-5-23(19)34-24)37-7-6-30(42,27(37)40)26(39)33-17-18-12-20(31)16-21(32)13-18/h4-5,12-16,34,42H,6-11,17H2,1-3H3,(H,33,39)/t30-/m0/s1. The third-order valence-corrected chi connectivity index (χ3v) is 7.53. The molecule has 234 valence electrons. The van der Waals surface area contributed by atoms with E-state index in [0.29, 0.717) is 54.0 Å². The molecule has 14 heteroatoms. The predicted molar refractivity (Wildman–Crippen MR) is 158 cm³/mol. The average molecular weight is 630 g/mol. The zero-order valence-corrected chi connectivity index (χ0v) is 25.2. The number of hydroxylamine groups is 2. The summed E-state index contributed by atoms with van der Waals surface area (Å²) in [7, 11) is 0. The molecule has 1 atom stereocenters. The van der Waals surface area contributed by atoms with Crippen molar-refractivity contribution in [2.45, 2.75) is 44.9 Å². The Kier molecular flexibility index (Phi) is 8.56. The Balaban J connectivity index is 1.20. The summed E-state index contributed by atoms with van der Waals surface area (Å²) in [5.41, 5.74) is -1.12. The van der Waals surface area contributed by atoms with Crippen LogP contribution in [0.1, 0.15) is 43.2 Å². The maximum Gasteiger partial charge on any atom is 0.528 e. The number of aromatic nitrogens is 1. The van der Waals surface area contributed by atoms with Crippen LogP contribution in [0.3, 0.4) is 0 Å². The van der Waals surface area contributed by atoms with Gasteiger partial charge in [0.1, 0.15) is 17.1 Å². The van der Waals surface area contributed by atoms with E-state index >= 15 is 0 Å². The van der Waals surface area contributed by atoms with E-state index in [4.69, 9.17) is 21.2 Å². The number of ether oxygens (including phenoxy) is 1. The number of hydrogen-bond donors (Lipinski definition) is 3. The van der Waals surface area contributed by atoms with Gasteiger partial charge in [-0.25, -0.2) is 9.18 Å². The summed E-state index contributed by atoms with van der Waals surface area (Å²) in [5, 5.41) is 15.8. The lowest BCUT2D eigenvalue weighted by molar-refractivity contribution is -0.155. The van der Waals surface area contributed by atoms with E-state index in [1.807, 2.05) is 0 Å². The van der Waals surface area contributed by atoms with Crippen LogP contribution in [-0.2, 0) is 25.7 Å². The van der Waals surface area contributed by atoms with Gasteiger partial charge in [-0.3, -0.25) is 14.4 Å². The molecule has 5 rings (SSSR count). The fourth-order valence-electron chi connectivity index (χ4n) is 5.13. The number of carbonyl (C=O) groups excluding carboxylic acids is 4. The molecule has 12 nitrogen and oxygen atoms in total. The van der Waals surface area contributed by atoms with Crippen molar-refractivity contribution in [2.75, 3.05) is 37.6 Å². The average Bonchev–Trinajstić information content (AvgIpc) is 3.51. The van der Waals surface area contributed by atoms with Crippen molar-refractivity contribution >= 4 is 52.1 Å². The first-order valence-electron chi connectivity index (χ1n) is 14.1. The van der Waals surface area contributed by atoms with Crippen LogP contribution >= 0.6 is 11.6 Å². The van der Waals surface area contributed by atoms with Crippen LogP contribution in [0.5, 0.6) is 0 Å². The van der Waals surface area contributed by atoms with Gasteiger partial charge in [0.15, 0.2) is 0 Å². The Hall–Kier alpha value is -4.20. The smallest absolute Gasteiger partial charge is 0.427 e. The van der Waals surface area contributed by atoms with Crippen molar-refractivity contribution in [1.82, 2.24) is 20.3 Å². The second kappa shape index (κ2) is 12.1. The molecule has 0 unspecified atom stereocenters. The van der Waals surface area contributed by atoms with Crippen LogP contribution in [0.2, 0.25) is 5.02 Å². The van der Waals surface area contributed by atoms with E-state index in [1.54, 1.807) is 49.9 Å². The number of aliphatic hydroxyl groups is 1. The van der Waals surface area contributed by atoms with Crippen molar-refractivity contribution in [3.63, 3.8) is 0 Å². The van der Waals surface area contributed by atoms with Crippen molar-refractivity contribution in [3.8, 4) is 0 Å². The number of rotatable bonds is 6. The minimum absolute atomic E-state index is 0.0892. The number of nitrogens with zero attached hydrogens (tertiary/aromatic N) is 3. The van der Waals surface area contributed by atoms with Crippen LogP contribution < -0.4 is 10.2 Å². The van der Waals surface area contributed by atoms with E-state index in [1.165, 1.54) is 22.1 Å². The molecule has 3 N–H and O–H groups in total. The molecule has 2 saturated heterocycles. The van der Waals surface area contributed by atoms with E-state index in [9.17, 15) is 28.7 Å². The van der Waals surface area contributed by atoms with Crippen molar-refractivity contribution in [1.29, 1.82) is 0 Å². The van der Waals surface area contributed by atoms with E-state index in [0.717, 1.165) is 6.07 Å². The highest BCUT2D eigenvalue weighted by Gasteiger charge is 2.51. The first-order chi connectivity index (χ1) is 20.7. The number of hydrogen-bond acceptors (Lipinski definition) is 8. The summed E-state index contributed by atoms with van der Waals surface area (Å²) in [6.45, 7) is 6.49. The van der Waals surface area contributed by atoms with Crippen LogP contribution in [0.15, 0.2) is 42.5 Å². The second-order valence-electron chi connectivity index (χ2n) is 11.8. The number of fused-ring (bicyclic) bond motifs is 1. The number of anilines is 1. The third kappa shape index (κ3) is 6.79. The normalized spacial score (nSPS) is 19.4. The first-order valence-corrected chi connectivity index (χ1v) is 14.5. The number of carbonyl (C=O) groups is 4. The minimum Gasteiger partial charge on any atom is -0.427 e. The fourth-order valence-corrected chi connectivity index (χ4v) is 5.38. The Morgan fingerprint density at radius 3 is 2.48 bits per heavy atom. The van der Waals surface area contributed by atoms with Crippen molar-refractivity contribution in [2.24, 2.45) is 0 Å². The zero-order chi connectivity index (χ0) is 31.8. The van der Waals surface area contributed by atoms with Gasteiger partial charge < -0.3 is 34.8 Å². The number of benzene rings is 2. The van der Waals surface area contributed by atoms with Crippen molar-refractivity contribution in [3.05, 3.63) is 64.6 Å². The van der Waals surface area contributed by atoms with Gasteiger partial charge in [-0.2, -0.15) is 0 Å². The van der Waals surface area contributed by atoms with Crippen LogP contribution in [0.25, 0.3) is 10.9 Å². The number of piperazine rings is 1. The van der Waals surface area contributed by atoms with E-state index in [2.05, 4.69) is 10.3 Å². The lowest BCUT2D eigenvalue weighted by Crippen LogP contribution is -2.52. The lowest BCUT2D eigenvalue weighted by Gasteiger charge is -2.33. The van der Waals surface area contributed by atoms with Gasteiger partial charge in [0.2, 0.25) is 5.60 Å². The topological polar surface area (TPSA) is 145 Å². The van der Waals surface area contributed by atoms with Crippen LogP contribution in [0, 0.1) is 5.82 Å². The molecule has 2 aromatic carbocycles. The second-order valence-corrected chi connectivity index (χ2v) is 12.2. The van der Waals surface area contributed by atoms with Gasteiger partial charge in [0, 0.05) is 54.2 Å². The fraction of sp³-hybridized carbons (Fsp3) is 0.400. The van der Waals surface area contributed by atoms with Crippen molar-refractivity contribution < 1.29 is 38.2 Å². The van der Waals surface area contributed by atoms with Gasteiger partial charge in [-0.15, -0.1) is 5.06 Å². The molecule has 0 spiro atoms. The third-order valence-electron chi connectivity index (χ3n) is 7.31. The molecular formula is C30H33ClFN5O7. The molecule has 2 aliphatic heterocycles. The van der Waals surface area contributed by atoms with Gasteiger partial charge in [0.25, 0.3) is 17.7 Å². The number of halogens is 2. The first kappa shape index (κ1) is 31.2. The SMILES string of the molecule is CC(C)(C)OC(=O)ON1CCN(C(=O)c2cc3cc(N4CC[C@](O)(C(=O)NCc5cc(F)cc(Cl)c5)C4=O)ccc3[nH]2)CC1. The van der Waals surface area contributed by atoms with Crippen LogP contribution in [0.4, 0.5) is 14.9 Å². The summed E-state index contributed by atoms with van der Waals surface area (Å²) in [6, 6.07) is 10.6. The van der Waals surface area contributed by atoms with Gasteiger partial charge in [-0.05, 0) is 68.8 Å². The van der Waals surface area contributed by atoms with Gasteiger partial charge in [0.05, 0.1) is 13.1 Å². The molecule has 0 aliphatic carbocycles. The molecule has 1 aromatic heterocycles. The molecule has 2 fully saturated rings. The number of amides is 3. The summed E-state index contributed by atoms with van der Waals surface area (Å²) in [5.74, 6) is -2.48. The molecule has 3 amide bonds. The summed E-state index contributed by atoms with van der Waals surface area (Å²) in [6.07, 6.45) is -0.936. The predicted octanol–water partition coefficient (Wildman–Crippen LogP) is 3.37. The molecule has 2 aliphatic rings. The Morgan fingerprint density at radius 1 is 1.07 bits per heavy atom. The molecule has 3 heterocycles. The number of H-pyrrole nitrogens is 1. The molecule has 3 aromatic rings. The number of aromatic amines is 1. The maximum atomic E-state index is 13.6. The highest BCUT2D eigenvalue weighted by atomic mass is 35.5. The maximum absolute atomic E-state index is 13.6. The molecule has 0 radical (unpaired) electrons. The highest BCUT2D eigenvalue weighted by molar-refractivity contribution is 6.30. The molecule has 0 saturated carbocycles. The largest absolute Gasteiger partial charge is 0.528 e. The summed E-state index contributed by atoms with van der Waals surface area (Å²) < 4.78 is 18.8. The zero-order valence-electron chi connectivity index (χ0n) is 24.5. The van der Waals surface area contributed by atoms with Gasteiger partial charge in [-0.1, -0.05) is 11.6 Å². The summed E-state index contributed by atoms with van der Waals surface area (Å²) in [4.78, 5) is 62.5. The Morgan fingerprint density at radius 2 is 1.80 bits per heavy atom. The number of nitrogens with one attached hydrogen (secondary N) is 2. The minimum atomic E-state index is -2.29. The Bertz CT molecular complexity index is 1590. The molecular weight excluding hydrogens is 597 g/mol. The highest BCUT2D eigenvalue weighted by Crippen LogP contribution is 2.31. The molecule has 0 bridgehead atoms. The van der Waals surface area contributed by atoms with E-state index < -0.39 is 35.0 Å². The van der Waals surface area contributed by atoms with Crippen LogP contribution in [-0.4, -0.2) is 87.9 Å². The lowest BCUT2D eigenvalue weighted by atomic mass is 10.0. The Labute approximate surface area is 257 Å². The summed E-state index contributed by atoms with van der Waals surface area (Å²) >= 11 is 5.86. The molecule has 44 heavy (non-hydrogen) atoms. The monoisotopic (exact) mass is 629 g/mol. The van der Waals surface area contributed by atoms with Gasteiger partial charge >= 0.3 is 6.16 Å². The quantitative estimate of drug-likeness (QED) is 0.278.